The first-order valence-corrected chi connectivity index (χ1v) is 12.3. The fourth-order valence-electron chi connectivity index (χ4n) is 5.18. The molecule has 36 heavy (non-hydrogen) atoms. The summed E-state index contributed by atoms with van der Waals surface area (Å²) in [6, 6.07) is 8.34. The van der Waals surface area contributed by atoms with Crippen LogP contribution in [0.2, 0.25) is 0 Å². The third kappa shape index (κ3) is 5.04. The number of allylic oxidation sites excluding steroid dienone is 2. The quantitative estimate of drug-likeness (QED) is 0.403. The van der Waals surface area contributed by atoms with E-state index in [0.29, 0.717) is 31.4 Å². The number of amides is 1. The molecule has 4 rings (SSSR count). The van der Waals surface area contributed by atoms with E-state index in [1.807, 2.05) is 18.2 Å². The van der Waals surface area contributed by atoms with Gasteiger partial charge in [0.2, 0.25) is 5.82 Å². The number of rotatable bonds is 5. The van der Waals surface area contributed by atoms with E-state index < -0.39 is 11.3 Å². The molecule has 0 saturated heterocycles. The number of ether oxygens (including phenoxy) is 1. The van der Waals surface area contributed by atoms with E-state index in [1.165, 1.54) is 13.3 Å². The Kier molecular flexibility index (Phi) is 6.99. The third-order valence-corrected chi connectivity index (χ3v) is 7.62. The number of nitrogens with one attached hydrogen (secondary N) is 2. The first kappa shape index (κ1) is 25.2. The van der Waals surface area contributed by atoms with Crippen LogP contribution in [-0.4, -0.2) is 29.0 Å². The van der Waals surface area contributed by atoms with E-state index in [9.17, 15) is 14.9 Å². The topological polar surface area (TPSA) is 112 Å². The molecule has 1 heterocycles. The molecule has 1 amide bonds. The highest BCUT2D eigenvalue weighted by molar-refractivity contribution is 6.03. The van der Waals surface area contributed by atoms with Gasteiger partial charge in [0.25, 0.3) is 5.82 Å². The Morgan fingerprint density at radius 1 is 1.28 bits per heavy atom. The molecule has 0 bridgehead atoms. The van der Waals surface area contributed by atoms with Gasteiger partial charge in [-0.25, -0.2) is 4.98 Å². The molecule has 1 aromatic carbocycles. The van der Waals surface area contributed by atoms with E-state index in [1.54, 1.807) is 0 Å². The van der Waals surface area contributed by atoms with Gasteiger partial charge in [-0.1, -0.05) is 32.6 Å². The molecule has 8 nitrogen and oxygen atoms in total. The number of esters is 1. The summed E-state index contributed by atoms with van der Waals surface area (Å²) < 4.78 is 4.92. The van der Waals surface area contributed by atoms with Gasteiger partial charge in [0.15, 0.2) is 0 Å². The van der Waals surface area contributed by atoms with Crippen molar-refractivity contribution in [2.75, 3.05) is 12.4 Å². The maximum Gasteiger partial charge on any atom is 0.314 e. The van der Waals surface area contributed by atoms with Gasteiger partial charge in [0.05, 0.1) is 30.7 Å². The van der Waals surface area contributed by atoms with Gasteiger partial charge in [-0.15, -0.1) is 0 Å². The van der Waals surface area contributed by atoms with Crippen molar-refractivity contribution in [3.8, 4) is 6.07 Å². The summed E-state index contributed by atoms with van der Waals surface area (Å²) in [7, 11) is 1.40. The van der Waals surface area contributed by atoms with E-state index in [2.05, 4.69) is 46.1 Å². The van der Waals surface area contributed by atoms with Gasteiger partial charge in [0.1, 0.15) is 0 Å². The Morgan fingerprint density at radius 2 is 2.03 bits per heavy atom. The maximum atomic E-state index is 12.9. The molecule has 0 aliphatic heterocycles. The van der Waals surface area contributed by atoms with Gasteiger partial charge in [-0.05, 0) is 73.6 Å². The molecule has 2 aliphatic carbocycles. The molecule has 1 aromatic heterocycles. The predicted octanol–water partition coefficient (Wildman–Crippen LogP) is 5.93. The van der Waals surface area contributed by atoms with Crippen LogP contribution in [0, 0.1) is 29.2 Å². The highest BCUT2D eigenvalue weighted by atomic mass is 16.5. The van der Waals surface area contributed by atoms with Crippen molar-refractivity contribution < 1.29 is 14.3 Å². The highest BCUT2D eigenvalue weighted by Gasteiger charge is 2.40. The lowest BCUT2D eigenvalue weighted by molar-refractivity contribution is -0.146. The zero-order valence-electron chi connectivity index (χ0n) is 21.0. The maximum absolute atomic E-state index is 12.9. The van der Waals surface area contributed by atoms with Gasteiger partial charge < -0.3 is 14.9 Å². The summed E-state index contributed by atoms with van der Waals surface area (Å²) in [5.41, 5.74) is 3.12. The van der Waals surface area contributed by atoms with Crippen LogP contribution < -0.4 is 5.32 Å². The van der Waals surface area contributed by atoms with Crippen molar-refractivity contribution in [2.24, 2.45) is 11.3 Å². The Morgan fingerprint density at radius 3 is 2.61 bits per heavy atom. The fourth-order valence-corrected chi connectivity index (χ4v) is 5.18. The summed E-state index contributed by atoms with van der Waals surface area (Å²) in [6.07, 6.45) is 8.74. The Balaban J connectivity index is 1.68. The van der Waals surface area contributed by atoms with E-state index in [4.69, 9.17) is 11.3 Å². The highest BCUT2D eigenvalue weighted by Crippen LogP contribution is 2.45. The largest absolute Gasteiger partial charge is 0.469 e. The van der Waals surface area contributed by atoms with Crippen molar-refractivity contribution in [1.82, 2.24) is 9.97 Å². The summed E-state index contributed by atoms with van der Waals surface area (Å²) in [5, 5.41) is 13.2. The van der Waals surface area contributed by atoms with Crippen molar-refractivity contribution in [1.29, 1.82) is 5.26 Å². The smallest absolute Gasteiger partial charge is 0.314 e. The van der Waals surface area contributed by atoms with Crippen LogP contribution >= 0.6 is 0 Å². The van der Waals surface area contributed by atoms with E-state index >= 15 is 0 Å². The molecular weight excluding hydrogens is 454 g/mol. The predicted molar refractivity (Wildman–Crippen MR) is 136 cm³/mol. The van der Waals surface area contributed by atoms with Crippen LogP contribution in [0.5, 0.6) is 0 Å². The lowest BCUT2D eigenvalue weighted by Gasteiger charge is -2.35. The van der Waals surface area contributed by atoms with Crippen LogP contribution in [0.25, 0.3) is 10.4 Å². The van der Waals surface area contributed by atoms with Crippen LogP contribution in [0.15, 0.2) is 30.5 Å². The molecule has 0 spiro atoms. The second-order valence-corrected chi connectivity index (χ2v) is 10.5. The summed E-state index contributed by atoms with van der Waals surface area (Å²) in [5.74, 6) is -0.541. The van der Waals surface area contributed by atoms with Gasteiger partial charge in [-0.3, -0.25) is 14.6 Å². The average Bonchev–Trinajstić information content (AvgIpc) is 3.38. The Labute approximate surface area is 211 Å². The molecule has 1 saturated carbocycles. The second-order valence-electron chi connectivity index (χ2n) is 10.5. The number of anilines is 1. The number of methoxy groups -OCH3 is 1. The molecule has 2 aromatic rings. The zero-order chi connectivity index (χ0) is 25.9. The molecule has 0 unspecified atom stereocenters. The Hall–Kier alpha value is -3.91. The molecule has 2 N–H and O–H groups in total. The van der Waals surface area contributed by atoms with Crippen LogP contribution in [0.4, 0.5) is 11.5 Å². The average molecular weight is 486 g/mol. The zero-order valence-corrected chi connectivity index (χ0v) is 21.0. The number of hydrogen-bond acceptors (Lipinski definition) is 5. The summed E-state index contributed by atoms with van der Waals surface area (Å²) >= 11 is 0. The molecule has 0 atom stereocenters. The number of imidazole rings is 1. The molecular formula is C28H31N5O3. The number of nitriles is 1. The number of hydrogen-bond donors (Lipinski definition) is 2. The van der Waals surface area contributed by atoms with Crippen LogP contribution in [-0.2, 0) is 14.9 Å². The number of carbonyl (C=O) groups excluding carboxylic acids is 2. The minimum absolute atomic E-state index is 0.0735. The van der Waals surface area contributed by atoms with Gasteiger partial charge in [-0.2, -0.15) is 5.26 Å². The standard InChI is InChI=1S/C28H31N5O3/c1-27(2)11-7-18(8-12-27)21-15-20(28(17-29)13-9-19(10-14-28)26(35)36-4)5-6-22(21)32-25(34)24-31-16-23(30-3)33-24/h5-7,15-16,19H,8-14H2,1-2,4H3,(H,31,33)(H,32,34). The number of aromatic nitrogens is 2. The second kappa shape index (κ2) is 9.99. The molecule has 186 valence electrons. The first-order valence-electron chi connectivity index (χ1n) is 12.3. The van der Waals surface area contributed by atoms with E-state index in [0.717, 1.165) is 36.0 Å². The van der Waals surface area contributed by atoms with Crippen LogP contribution in [0.1, 0.15) is 80.5 Å². The lowest BCUT2D eigenvalue weighted by atomic mass is 9.67. The number of carbonyl (C=O) groups is 2. The van der Waals surface area contributed by atoms with Crippen molar-refractivity contribution in [2.45, 2.75) is 64.2 Å². The number of H-pyrrole nitrogens is 1. The van der Waals surface area contributed by atoms with Crippen molar-refractivity contribution >= 4 is 29.0 Å². The minimum atomic E-state index is -0.693. The third-order valence-electron chi connectivity index (χ3n) is 7.62. The first-order chi connectivity index (χ1) is 17.2. The number of nitrogens with zero attached hydrogens (tertiary/aromatic N) is 3. The summed E-state index contributed by atoms with van der Waals surface area (Å²) in [6.45, 7) is 11.6. The van der Waals surface area contributed by atoms with E-state index in [-0.39, 0.29) is 28.9 Å². The van der Waals surface area contributed by atoms with Crippen LogP contribution in [0.3, 0.4) is 0 Å². The number of benzene rings is 1. The lowest BCUT2D eigenvalue weighted by Crippen LogP contribution is -2.33. The number of aromatic amines is 1. The van der Waals surface area contributed by atoms with Crippen molar-refractivity contribution in [3.63, 3.8) is 0 Å². The van der Waals surface area contributed by atoms with Crippen molar-refractivity contribution in [3.05, 3.63) is 58.8 Å². The normalized spacial score (nSPS) is 23.0. The monoisotopic (exact) mass is 485 g/mol. The summed E-state index contributed by atoms with van der Waals surface area (Å²) in [4.78, 5) is 34.9. The molecule has 0 radical (unpaired) electrons. The Bertz CT molecular complexity index is 1280. The van der Waals surface area contributed by atoms with Gasteiger partial charge >= 0.3 is 11.9 Å². The molecule has 2 aliphatic rings. The molecule has 1 fully saturated rings. The molecule has 8 heteroatoms. The minimum Gasteiger partial charge on any atom is -0.469 e. The SMILES string of the molecule is [C-]#[N+]c1cnc(C(=O)Nc2ccc(C3(C#N)CCC(C(=O)OC)CC3)cc2C2=CCC(C)(C)CC2)[nH]1. The van der Waals surface area contributed by atoms with Gasteiger partial charge in [0, 0.05) is 11.3 Å². The fraction of sp³-hybridized carbons (Fsp3) is 0.464.